The number of benzene rings is 2. The van der Waals surface area contributed by atoms with Gasteiger partial charge in [0.1, 0.15) is 11.6 Å². The van der Waals surface area contributed by atoms with E-state index in [0.717, 1.165) is 5.56 Å². The van der Waals surface area contributed by atoms with E-state index < -0.39 is 0 Å². The van der Waals surface area contributed by atoms with Gasteiger partial charge in [-0.2, -0.15) is 0 Å². The van der Waals surface area contributed by atoms with Crippen molar-refractivity contribution in [2.75, 3.05) is 7.11 Å². The van der Waals surface area contributed by atoms with Crippen molar-refractivity contribution in [2.24, 2.45) is 0 Å². The second kappa shape index (κ2) is 4.71. The Morgan fingerprint density at radius 1 is 1.12 bits per heavy atom. The Hall–Kier alpha value is -2.27. The monoisotopic (exact) mass is 226 g/mol. The van der Waals surface area contributed by atoms with Gasteiger partial charge in [0.2, 0.25) is 0 Å². The number of terminal acetylenes is 1. The fourth-order valence-corrected chi connectivity index (χ4v) is 1.69. The molecule has 17 heavy (non-hydrogen) atoms. The molecule has 0 saturated carbocycles. The Kier molecular flexibility index (Phi) is 3.11. The largest absolute Gasteiger partial charge is 0.497 e. The lowest BCUT2D eigenvalue weighted by atomic mass is 9.99. The molecular formula is C15H11FO. The van der Waals surface area contributed by atoms with Crippen LogP contribution in [-0.4, -0.2) is 7.11 Å². The van der Waals surface area contributed by atoms with Crippen molar-refractivity contribution in [3.63, 3.8) is 0 Å². The van der Waals surface area contributed by atoms with E-state index in [1.165, 1.54) is 13.2 Å². The Morgan fingerprint density at radius 3 is 2.53 bits per heavy atom. The van der Waals surface area contributed by atoms with Crippen LogP contribution in [-0.2, 0) is 0 Å². The number of hydrogen-bond acceptors (Lipinski definition) is 1. The minimum Gasteiger partial charge on any atom is -0.497 e. The van der Waals surface area contributed by atoms with Gasteiger partial charge < -0.3 is 4.74 Å². The quantitative estimate of drug-likeness (QED) is 0.712. The standard InChI is InChI=1S/C15H11FO/c1-3-11-6-4-5-7-13(11)14-9-8-12(17-2)10-15(14)16/h1,4-10H,2H3. The zero-order chi connectivity index (χ0) is 12.3. The average molecular weight is 226 g/mol. The molecule has 0 radical (unpaired) electrons. The van der Waals surface area contributed by atoms with Crippen LogP contribution >= 0.6 is 0 Å². The summed E-state index contributed by atoms with van der Waals surface area (Å²) in [6.07, 6.45) is 5.40. The van der Waals surface area contributed by atoms with Crippen LogP contribution in [0.25, 0.3) is 11.1 Å². The number of hydrogen-bond donors (Lipinski definition) is 0. The first-order valence-electron chi connectivity index (χ1n) is 5.16. The predicted octanol–water partition coefficient (Wildman–Crippen LogP) is 3.48. The highest BCUT2D eigenvalue weighted by atomic mass is 19.1. The van der Waals surface area contributed by atoms with Gasteiger partial charge >= 0.3 is 0 Å². The van der Waals surface area contributed by atoms with E-state index in [1.807, 2.05) is 12.1 Å². The van der Waals surface area contributed by atoms with Crippen LogP contribution in [0.15, 0.2) is 42.5 Å². The molecule has 0 fully saturated rings. The van der Waals surface area contributed by atoms with Gasteiger partial charge in [-0.05, 0) is 18.2 Å². The third kappa shape index (κ3) is 2.14. The maximum atomic E-state index is 13.9. The molecule has 2 aromatic rings. The van der Waals surface area contributed by atoms with Gasteiger partial charge in [0, 0.05) is 22.8 Å². The molecule has 84 valence electrons. The van der Waals surface area contributed by atoms with Gasteiger partial charge in [0.05, 0.1) is 7.11 Å². The molecule has 0 unspecified atom stereocenters. The van der Waals surface area contributed by atoms with Crippen molar-refractivity contribution in [1.82, 2.24) is 0 Å². The molecule has 0 N–H and O–H groups in total. The zero-order valence-electron chi connectivity index (χ0n) is 9.41. The van der Waals surface area contributed by atoms with Crippen LogP contribution in [0.5, 0.6) is 5.75 Å². The number of halogens is 1. The van der Waals surface area contributed by atoms with Crippen LogP contribution in [0.2, 0.25) is 0 Å². The molecule has 2 heteroatoms. The van der Waals surface area contributed by atoms with Crippen molar-refractivity contribution in [3.8, 4) is 29.2 Å². The predicted molar refractivity (Wildman–Crippen MR) is 66.3 cm³/mol. The first-order valence-corrected chi connectivity index (χ1v) is 5.16. The van der Waals surface area contributed by atoms with E-state index in [0.29, 0.717) is 16.9 Å². The van der Waals surface area contributed by atoms with Crippen LogP contribution in [0.3, 0.4) is 0 Å². The molecule has 0 aliphatic carbocycles. The third-order valence-corrected chi connectivity index (χ3v) is 2.55. The third-order valence-electron chi connectivity index (χ3n) is 2.55. The highest BCUT2D eigenvalue weighted by molar-refractivity contribution is 5.71. The lowest BCUT2D eigenvalue weighted by Gasteiger charge is -2.07. The highest BCUT2D eigenvalue weighted by Crippen LogP contribution is 2.28. The molecule has 1 nitrogen and oxygen atoms in total. The van der Waals surface area contributed by atoms with Crippen LogP contribution < -0.4 is 4.74 Å². The summed E-state index contributed by atoms with van der Waals surface area (Å²) in [5.41, 5.74) is 1.88. The Balaban J connectivity index is 2.58. The molecule has 0 aliphatic heterocycles. The lowest BCUT2D eigenvalue weighted by Crippen LogP contribution is -1.90. The van der Waals surface area contributed by atoms with Crippen LogP contribution in [0, 0.1) is 18.2 Å². The fourth-order valence-electron chi connectivity index (χ4n) is 1.69. The normalized spacial score (nSPS) is 9.71. The summed E-state index contributed by atoms with van der Waals surface area (Å²) in [5, 5.41) is 0. The maximum absolute atomic E-state index is 13.9. The van der Waals surface area contributed by atoms with E-state index in [4.69, 9.17) is 11.2 Å². The topological polar surface area (TPSA) is 9.23 Å². The number of methoxy groups -OCH3 is 1. The maximum Gasteiger partial charge on any atom is 0.134 e. The number of rotatable bonds is 2. The second-order valence-corrected chi connectivity index (χ2v) is 3.54. The molecule has 0 atom stereocenters. The zero-order valence-corrected chi connectivity index (χ0v) is 9.41. The smallest absolute Gasteiger partial charge is 0.134 e. The SMILES string of the molecule is C#Cc1ccccc1-c1ccc(OC)cc1F. The minimum atomic E-state index is -0.341. The van der Waals surface area contributed by atoms with Gasteiger partial charge in [-0.15, -0.1) is 6.42 Å². The van der Waals surface area contributed by atoms with Gasteiger partial charge in [0.25, 0.3) is 0 Å². The van der Waals surface area contributed by atoms with E-state index in [2.05, 4.69) is 5.92 Å². The summed E-state index contributed by atoms with van der Waals surface area (Å²) in [5.74, 6) is 2.70. The van der Waals surface area contributed by atoms with Gasteiger partial charge in [-0.25, -0.2) is 4.39 Å². The van der Waals surface area contributed by atoms with Crippen LogP contribution in [0.1, 0.15) is 5.56 Å². The molecule has 0 amide bonds. The summed E-state index contributed by atoms with van der Waals surface area (Å²) in [6, 6.07) is 12.0. The van der Waals surface area contributed by atoms with Gasteiger partial charge in [-0.1, -0.05) is 24.1 Å². The van der Waals surface area contributed by atoms with Crippen molar-refractivity contribution < 1.29 is 9.13 Å². The molecule has 0 heterocycles. The molecular weight excluding hydrogens is 215 g/mol. The van der Waals surface area contributed by atoms with Gasteiger partial charge in [0.15, 0.2) is 0 Å². The first kappa shape index (κ1) is 11.2. The first-order chi connectivity index (χ1) is 8.26. The summed E-state index contributed by atoms with van der Waals surface area (Å²) < 4.78 is 18.9. The van der Waals surface area contributed by atoms with Crippen molar-refractivity contribution in [2.45, 2.75) is 0 Å². The summed E-state index contributed by atoms with van der Waals surface area (Å²) in [7, 11) is 1.50. The summed E-state index contributed by atoms with van der Waals surface area (Å²) in [4.78, 5) is 0. The van der Waals surface area contributed by atoms with E-state index in [9.17, 15) is 4.39 Å². The molecule has 0 aliphatic rings. The van der Waals surface area contributed by atoms with E-state index in [1.54, 1.807) is 24.3 Å². The van der Waals surface area contributed by atoms with Crippen molar-refractivity contribution >= 4 is 0 Å². The average Bonchev–Trinajstić information content (AvgIpc) is 2.38. The highest BCUT2D eigenvalue weighted by Gasteiger charge is 2.09. The minimum absolute atomic E-state index is 0.341. The Morgan fingerprint density at radius 2 is 1.88 bits per heavy atom. The Bertz CT molecular complexity index is 582. The fraction of sp³-hybridized carbons (Fsp3) is 0.0667. The summed E-state index contributed by atoms with van der Waals surface area (Å²) >= 11 is 0. The van der Waals surface area contributed by atoms with E-state index in [-0.39, 0.29) is 5.82 Å². The number of ether oxygens (including phenoxy) is 1. The Labute approximate surface area is 99.9 Å². The molecule has 0 aromatic heterocycles. The van der Waals surface area contributed by atoms with Crippen molar-refractivity contribution in [3.05, 3.63) is 53.8 Å². The van der Waals surface area contributed by atoms with Crippen LogP contribution in [0.4, 0.5) is 4.39 Å². The molecule has 2 rings (SSSR count). The lowest BCUT2D eigenvalue weighted by molar-refractivity contribution is 0.411. The van der Waals surface area contributed by atoms with Gasteiger partial charge in [-0.3, -0.25) is 0 Å². The van der Waals surface area contributed by atoms with Crippen molar-refractivity contribution in [1.29, 1.82) is 0 Å². The second-order valence-electron chi connectivity index (χ2n) is 3.54. The molecule has 2 aromatic carbocycles. The molecule has 0 saturated heterocycles. The molecule has 0 bridgehead atoms. The summed E-state index contributed by atoms with van der Waals surface area (Å²) in [6.45, 7) is 0. The van der Waals surface area contributed by atoms with E-state index >= 15 is 0 Å². The molecule has 0 spiro atoms.